The van der Waals surface area contributed by atoms with Gasteiger partial charge < -0.3 is 0 Å². The lowest BCUT2D eigenvalue weighted by Gasteiger charge is -2.02. The molecule has 1 aromatic rings. The second-order valence-corrected chi connectivity index (χ2v) is 3.75. The fraction of sp³-hybridized carbons (Fsp3) is 0.417. The Morgan fingerprint density at radius 3 is 2.93 bits per heavy atom. The first kappa shape index (κ1) is 10.0. The van der Waals surface area contributed by atoms with Crippen LogP contribution < -0.4 is 0 Å². The molecule has 1 heterocycles. The molecule has 1 aliphatic carbocycles. The van der Waals surface area contributed by atoms with Crippen LogP contribution >= 0.6 is 0 Å². The van der Waals surface area contributed by atoms with Gasteiger partial charge in [0.25, 0.3) is 0 Å². The zero-order chi connectivity index (χ0) is 10.5. The molecule has 0 saturated carbocycles. The minimum atomic E-state index is 0.0463. The maximum Gasteiger partial charge on any atom is 0.208 e. The minimum Gasteiger partial charge on any atom is -0.287 e. The quantitative estimate of drug-likeness (QED) is 0.692. The number of rotatable bonds is 2. The summed E-state index contributed by atoms with van der Waals surface area (Å²) in [4.78, 5) is 19.9. The van der Waals surface area contributed by atoms with Crippen molar-refractivity contribution in [1.29, 1.82) is 0 Å². The molecule has 15 heavy (non-hydrogen) atoms. The standard InChI is InChI=1S/C12H14N2O/c15-12(11-9-13-7-8-14-11)10-5-3-1-2-4-6-10/h5,7-9H,1-4,6H2. The summed E-state index contributed by atoms with van der Waals surface area (Å²) < 4.78 is 0. The predicted octanol–water partition coefficient (Wildman–Crippen LogP) is 2.55. The van der Waals surface area contributed by atoms with Gasteiger partial charge in [-0.2, -0.15) is 0 Å². The van der Waals surface area contributed by atoms with Gasteiger partial charge in [-0.15, -0.1) is 0 Å². The Hall–Kier alpha value is -1.51. The van der Waals surface area contributed by atoms with Crippen molar-refractivity contribution >= 4 is 5.78 Å². The number of hydrogen-bond donors (Lipinski definition) is 0. The van der Waals surface area contributed by atoms with E-state index in [9.17, 15) is 4.79 Å². The maximum atomic E-state index is 12.0. The lowest BCUT2D eigenvalue weighted by Crippen LogP contribution is -2.05. The minimum absolute atomic E-state index is 0.0463. The molecule has 78 valence electrons. The molecule has 0 N–H and O–H groups in total. The number of Topliss-reactive ketones (excluding diaryl/α,β-unsaturated/α-hetero) is 1. The Balaban J connectivity index is 2.17. The van der Waals surface area contributed by atoms with Gasteiger partial charge in [-0.25, -0.2) is 4.98 Å². The topological polar surface area (TPSA) is 42.9 Å². The summed E-state index contributed by atoms with van der Waals surface area (Å²) in [5, 5.41) is 0. The van der Waals surface area contributed by atoms with Crippen LogP contribution in [0.15, 0.2) is 30.2 Å². The van der Waals surface area contributed by atoms with Crippen molar-refractivity contribution in [1.82, 2.24) is 9.97 Å². The fourth-order valence-electron chi connectivity index (χ4n) is 1.80. The lowest BCUT2D eigenvalue weighted by atomic mass is 10.0. The van der Waals surface area contributed by atoms with Gasteiger partial charge in [0, 0.05) is 12.4 Å². The normalized spacial score (nSPS) is 16.7. The lowest BCUT2D eigenvalue weighted by molar-refractivity contribution is 0.102. The average molecular weight is 202 g/mol. The number of carbonyl (C=O) groups excluding carboxylic acids is 1. The first-order chi connectivity index (χ1) is 7.38. The zero-order valence-electron chi connectivity index (χ0n) is 8.65. The number of carbonyl (C=O) groups is 1. The third kappa shape index (κ3) is 2.49. The molecule has 0 saturated heterocycles. The van der Waals surface area contributed by atoms with Crippen LogP contribution in [0.5, 0.6) is 0 Å². The van der Waals surface area contributed by atoms with Crippen molar-refractivity contribution in [2.24, 2.45) is 0 Å². The molecule has 0 spiro atoms. The van der Waals surface area contributed by atoms with E-state index in [4.69, 9.17) is 0 Å². The summed E-state index contributed by atoms with van der Waals surface area (Å²) in [5.74, 6) is 0.0463. The number of aromatic nitrogens is 2. The van der Waals surface area contributed by atoms with Gasteiger partial charge in [0.2, 0.25) is 5.78 Å². The monoisotopic (exact) mass is 202 g/mol. The third-order valence-corrected chi connectivity index (χ3v) is 2.63. The van der Waals surface area contributed by atoms with Crippen LogP contribution in [0.3, 0.4) is 0 Å². The molecule has 0 fully saturated rings. The van der Waals surface area contributed by atoms with Gasteiger partial charge in [0.15, 0.2) is 0 Å². The summed E-state index contributed by atoms with van der Waals surface area (Å²) in [7, 11) is 0. The molecular weight excluding hydrogens is 188 g/mol. The van der Waals surface area contributed by atoms with E-state index in [0.29, 0.717) is 5.69 Å². The predicted molar refractivity (Wildman–Crippen MR) is 57.5 cm³/mol. The first-order valence-corrected chi connectivity index (χ1v) is 5.37. The van der Waals surface area contributed by atoms with Crippen LogP contribution in [0.25, 0.3) is 0 Å². The SMILES string of the molecule is O=C(C1=CCCCCC1)c1cnccn1. The van der Waals surface area contributed by atoms with Crippen molar-refractivity contribution in [3.8, 4) is 0 Å². The fourth-order valence-corrected chi connectivity index (χ4v) is 1.80. The average Bonchev–Trinajstić information content (AvgIpc) is 2.58. The Labute approximate surface area is 89.3 Å². The first-order valence-electron chi connectivity index (χ1n) is 5.37. The molecule has 0 amide bonds. The maximum absolute atomic E-state index is 12.0. The second-order valence-electron chi connectivity index (χ2n) is 3.75. The Morgan fingerprint density at radius 1 is 1.20 bits per heavy atom. The van der Waals surface area contributed by atoms with Gasteiger partial charge >= 0.3 is 0 Å². The molecule has 3 nitrogen and oxygen atoms in total. The zero-order valence-corrected chi connectivity index (χ0v) is 8.65. The summed E-state index contributed by atoms with van der Waals surface area (Å²) in [6.45, 7) is 0. The number of allylic oxidation sites excluding steroid dienone is 2. The largest absolute Gasteiger partial charge is 0.287 e. The molecule has 1 aliphatic rings. The van der Waals surface area contributed by atoms with E-state index in [1.54, 1.807) is 12.4 Å². The highest BCUT2D eigenvalue weighted by Crippen LogP contribution is 2.19. The molecule has 0 radical (unpaired) electrons. The van der Waals surface area contributed by atoms with Crippen molar-refractivity contribution in [3.63, 3.8) is 0 Å². The molecular formula is C12H14N2O. The molecule has 0 atom stereocenters. The summed E-state index contributed by atoms with van der Waals surface area (Å²) in [6.07, 6.45) is 12.2. The molecule has 0 unspecified atom stereocenters. The van der Waals surface area contributed by atoms with Gasteiger partial charge in [-0.1, -0.05) is 12.5 Å². The van der Waals surface area contributed by atoms with E-state index >= 15 is 0 Å². The molecule has 3 heteroatoms. The van der Waals surface area contributed by atoms with Crippen LogP contribution in [-0.2, 0) is 0 Å². The third-order valence-electron chi connectivity index (χ3n) is 2.63. The van der Waals surface area contributed by atoms with Crippen LogP contribution in [-0.4, -0.2) is 15.8 Å². The molecule has 2 rings (SSSR count). The highest BCUT2D eigenvalue weighted by Gasteiger charge is 2.14. The van der Waals surface area contributed by atoms with E-state index < -0.39 is 0 Å². The van der Waals surface area contributed by atoms with Crippen molar-refractivity contribution in [2.45, 2.75) is 32.1 Å². The summed E-state index contributed by atoms with van der Waals surface area (Å²) >= 11 is 0. The highest BCUT2D eigenvalue weighted by atomic mass is 16.1. The van der Waals surface area contributed by atoms with Crippen LogP contribution in [0.2, 0.25) is 0 Å². The van der Waals surface area contributed by atoms with E-state index in [1.807, 2.05) is 0 Å². The van der Waals surface area contributed by atoms with E-state index in [-0.39, 0.29) is 5.78 Å². The van der Waals surface area contributed by atoms with Crippen LogP contribution in [0.1, 0.15) is 42.6 Å². The van der Waals surface area contributed by atoms with Crippen molar-refractivity contribution in [2.75, 3.05) is 0 Å². The van der Waals surface area contributed by atoms with E-state index in [2.05, 4.69) is 16.0 Å². The Bertz CT molecular complexity index is 370. The molecule has 0 bridgehead atoms. The number of ketones is 1. The number of nitrogens with zero attached hydrogens (tertiary/aromatic N) is 2. The van der Waals surface area contributed by atoms with Crippen molar-refractivity contribution < 1.29 is 4.79 Å². The van der Waals surface area contributed by atoms with Crippen LogP contribution in [0.4, 0.5) is 0 Å². The van der Waals surface area contributed by atoms with Gasteiger partial charge in [-0.3, -0.25) is 9.78 Å². The molecule has 1 aromatic heterocycles. The smallest absolute Gasteiger partial charge is 0.208 e. The number of hydrogen-bond acceptors (Lipinski definition) is 3. The van der Waals surface area contributed by atoms with Gasteiger partial charge in [-0.05, 0) is 31.3 Å². The van der Waals surface area contributed by atoms with Crippen LogP contribution in [0, 0.1) is 0 Å². The van der Waals surface area contributed by atoms with E-state index in [0.717, 1.165) is 24.8 Å². The molecule has 0 aromatic carbocycles. The Morgan fingerprint density at radius 2 is 2.13 bits per heavy atom. The van der Waals surface area contributed by atoms with Gasteiger partial charge in [0.1, 0.15) is 5.69 Å². The molecule has 0 aliphatic heterocycles. The highest BCUT2D eigenvalue weighted by molar-refractivity contribution is 6.07. The summed E-state index contributed by atoms with van der Waals surface area (Å²) in [5.41, 5.74) is 1.37. The second kappa shape index (κ2) is 4.82. The van der Waals surface area contributed by atoms with Crippen molar-refractivity contribution in [3.05, 3.63) is 35.9 Å². The van der Waals surface area contributed by atoms with Gasteiger partial charge in [0.05, 0.1) is 6.20 Å². The Kier molecular flexibility index (Phi) is 3.22. The van der Waals surface area contributed by atoms with E-state index in [1.165, 1.54) is 19.0 Å². The summed E-state index contributed by atoms with van der Waals surface area (Å²) in [6, 6.07) is 0.